The first kappa shape index (κ1) is 17.4. The fraction of sp³-hybridized carbons (Fsp3) is 0.312. The maximum Gasteiger partial charge on any atom is 0.306 e. The van der Waals surface area contributed by atoms with Gasteiger partial charge in [0.15, 0.2) is 0 Å². The Hall–Kier alpha value is -1.97. The van der Waals surface area contributed by atoms with Gasteiger partial charge in [0.25, 0.3) is 0 Å². The van der Waals surface area contributed by atoms with E-state index in [1.165, 1.54) is 11.8 Å². The molecule has 0 N–H and O–H groups in total. The Bertz CT molecular complexity index is 749. The average molecular weight is 350 g/mol. The Balaban J connectivity index is 2.03. The summed E-state index contributed by atoms with van der Waals surface area (Å²) in [4.78, 5) is 20.5. The van der Waals surface area contributed by atoms with Crippen LogP contribution in [0.25, 0.3) is 0 Å². The Morgan fingerprint density at radius 2 is 2.26 bits per heavy atom. The van der Waals surface area contributed by atoms with Crippen molar-refractivity contribution in [3.05, 3.63) is 41.2 Å². The number of carbonyl (C=O) groups excluding carboxylic acids is 1. The summed E-state index contributed by atoms with van der Waals surface area (Å²) in [6.07, 6.45) is 5.49. The number of esters is 1. The number of pyridine rings is 1. The van der Waals surface area contributed by atoms with Gasteiger partial charge in [0.2, 0.25) is 0 Å². The summed E-state index contributed by atoms with van der Waals surface area (Å²) in [6, 6.07) is 1.81. The van der Waals surface area contributed by atoms with Gasteiger partial charge in [-0.05, 0) is 24.8 Å². The zero-order chi connectivity index (χ0) is 16.7. The van der Waals surface area contributed by atoms with E-state index in [4.69, 9.17) is 16.3 Å². The van der Waals surface area contributed by atoms with Crippen LogP contribution in [-0.2, 0) is 16.6 Å². The van der Waals surface area contributed by atoms with Gasteiger partial charge in [-0.2, -0.15) is 0 Å². The van der Waals surface area contributed by atoms with E-state index in [1.807, 2.05) is 23.9 Å². The van der Waals surface area contributed by atoms with Crippen LogP contribution >= 0.6 is 23.4 Å². The molecule has 0 radical (unpaired) electrons. The number of carbonyl (C=O) groups is 1. The van der Waals surface area contributed by atoms with Crippen molar-refractivity contribution in [3.63, 3.8) is 0 Å². The molecule has 0 saturated carbocycles. The van der Waals surface area contributed by atoms with Crippen LogP contribution in [0.2, 0.25) is 5.02 Å². The van der Waals surface area contributed by atoms with E-state index in [2.05, 4.69) is 21.8 Å². The van der Waals surface area contributed by atoms with Gasteiger partial charge in [0.05, 0.1) is 24.4 Å². The van der Waals surface area contributed by atoms with E-state index < -0.39 is 0 Å². The van der Waals surface area contributed by atoms with Crippen LogP contribution in [0.1, 0.15) is 24.7 Å². The number of ether oxygens (including phenoxy) is 1. The molecule has 0 spiro atoms. The quantitative estimate of drug-likeness (QED) is 0.472. The second-order valence-electron chi connectivity index (χ2n) is 4.55. The Labute approximate surface area is 144 Å². The predicted octanol–water partition coefficient (Wildman–Crippen LogP) is 2.91. The topological polar surface area (TPSA) is 57.0 Å². The minimum atomic E-state index is -0.208. The highest BCUT2D eigenvalue weighted by Gasteiger charge is 2.08. The molecular weight excluding hydrogens is 334 g/mol. The highest BCUT2D eigenvalue weighted by atomic mass is 35.5. The molecule has 5 nitrogen and oxygen atoms in total. The molecule has 0 amide bonds. The van der Waals surface area contributed by atoms with Crippen LogP contribution in [0.4, 0.5) is 0 Å². The molecule has 0 atom stereocenters. The first-order chi connectivity index (χ1) is 11.1. The van der Waals surface area contributed by atoms with E-state index in [9.17, 15) is 4.79 Å². The zero-order valence-corrected chi connectivity index (χ0v) is 14.4. The number of halogens is 1. The second kappa shape index (κ2) is 8.61. The first-order valence-corrected chi connectivity index (χ1v) is 8.39. The monoisotopic (exact) mass is 349 g/mol. The Morgan fingerprint density at radius 3 is 2.96 bits per heavy atom. The van der Waals surface area contributed by atoms with Crippen molar-refractivity contribution in [2.75, 3.05) is 12.4 Å². The minimum absolute atomic E-state index is 0.208. The second-order valence-corrected chi connectivity index (χ2v) is 6.06. The van der Waals surface area contributed by atoms with Gasteiger partial charge in [0, 0.05) is 30.1 Å². The van der Waals surface area contributed by atoms with Crippen LogP contribution in [-0.4, -0.2) is 32.9 Å². The maximum absolute atomic E-state index is 11.3. The lowest BCUT2D eigenvalue weighted by Crippen LogP contribution is -2.04. The van der Waals surface area contributed by atoms with Crippen molar-refractivity contribution in [3.8, 4) is 11.8 Å². The number of hydrogen-bond acceptors (Lipinski definition) is 5. The zero-order valence-electron chi connectivity index (χ0n) is 12.9. The molecule has 7 heteroatoms. The van der Waals surface area contributed by atoms with E-state index in [0.29, 0.717) is 35.2 Å². The number of nitrogens with zero attached hydrogens (tertiary/aromatic N) is 3. The lowest BCUT2D eigenvalue weighted by molar-refractivity contribution is -0.142. The van der Waals surface area contributed by atoms with Crippen molar-refractivity contribution >= 4 is 29.3 Å². The molecule has 0 aliphatic rings. The van der Waals surface area contributed by atoms with Gasteiger partial charge < -0.3 is 9.30 Å². The van der Waals surface area contributed by atoms with E-state index in [-0.39, 0.29) is 5.97 Å². The van der Waals surface area contributed by atoms with Gasteiger partial charge in [-0.3, -0.25) is 4.79 Å². The number of thioether (sulfide) groups is 1. The fourth-order valence-electron chi connectivity index (χ4n) is 1.70. The van der Waals surface area contributed by atoms with Gasteiger partial charge >= 0.3 is 5.97 Å². The summed E-state index contributed by atoms with van der Waals surface area (Å²) < 4.78 is 6.71. The lowest BCUT2D eigenvalue weighted by atomic mass is 10.3. The summed E-state index contributed by atoms with van der Waals surface area (Å²) in [7, 11) is 1.88. The lowest BCUT2D eigenvalue weighted by Gasteiger charge is -2.05. The number of hydrogen-bond donors (Lipinski definition) is 0. The Kier molecular flexibility index (Phi) is 6.51. The Morgan fingerprint density at radius 1 is 1.43 bits per heavy atom. The van der Waals surface area contributed by atoms with Crippen LogP contribution in [0.3, 0.4) is 0 Å². The number of aromatic nitrogens is 3. The molecule has 0 bridgehead atoms. The third-order valence-corrected chi connectivity index (χ3v) is 4.29. The number of imidazole rings is 1. The summed E-state index contributed by atoms with van der Waals surface area (Å²) in [5.41, 5.74) is 1.16. The minimum Gasteiger partial charge on any atom is -0.466 e. The van der Waals surface area contributed by atoms with Crippen molar-refractivity contribution in [1.82, 2.24) is 14.5 Å². The molecule has 2 aromatic heterocycles. The average Bonchev–Trinajstić information content (AvgIpc) is 2.93. The molecule has 0 aliphatic carbocycles. The standard InChI is InChI=1S/C16H16ClN3O2S/c1-3-22-15(21)7-9-23-14-6-8-18-13(16(14)17)5-4-12-10-20(2)11-19-12/h6,8,10-11H,3,7,9H2,1-2H3. The van der Waals surface area contributed by atoms with Crippen LogP contribution in [0.5, 0.6) is 0 Å². The SMILES string of the molecule is CCOC(=O)CCSc1ccnc(C#Cc2cn(C)cn2)c1Cl. The van der Waals surface area contributed by atoms with E-state index in [1.54, 1.807) is 19.4 Å². The van der Waals surface area contributed by atoms with Gasteiger partial charge in [-0.25, -0.2) is 9.97 Å². The third kappa shape index (κ3) is 5.31. The molecule has 2 heterocycles. The number of aryl methyl sites for hydroxylation is 1. The van der Waals surface area contributed by atoms with Crippen molar-refractivity contribution in [2.24, 2.45) is 7.05 Å². The number of rotatable bonds is 5. The maximum atomic E-state index is 11.3. The van der Waals surface area contributed by atoms with Crippen LogP contribution in [0.15, 0.2) is 29.7 Å². The smallest absolute Gasteiger partial charge is 0.306 e. The first-order valence-electron chi connectivity index (χ1n) is 7.03. The fourth-order valence-corrected chi connectivity index (χ4v) is 2.89. The molecule has 120 valence electrons. The molecule has 0 unspecified atom stereocenters. The largest absolute Gasteiger partial charge is 0.466 e. The third-order valence-electron chi connectivity index (χ3n) is 2.74. The molecular formula is C16H16ClN3O2S. The summed E-state index contributed by atoms with van der Waals surface area (Å²) in [6.45, 7) is 2.18. The van der Waals surface area contributed by atoms with Crippen molar-refractivity contribution < 1.29 is 9.53 Å². The van der Waals surface area contributed by atoms with Crippen LogP contribution in [0, 0.1) is 11.8 Å². The molecule has 0 aliphatic heterocycles. The van der Waals surface area contributed by atoms with Gasteiger partial charge in [0.1, 0.15) is 11.4 Å². The molecule has 0 saturated heterocycles. The van der Waals surface area contributed by atoms with E-state index >= 15 is 0 Å². The van der Waals surface area contributed by atoms with Crippen LogP contribution < -0.4 is 0 Å². The molecule has 2 aromatic rings. The molecule has 0 aromatic carbocycles. The summed E-state index contributed by atoms with van der Waals surface area (Å²) in [5, 5.41) is 0.491. The molecule has 23 heavy (non-hydrogen) atoms. The van der Waals surface area contributed by atoms with Crippen molar-refractivity contribution in [1.29, 1.82) is 0 Å². The predicted molar refractivity (Wildman–Crippen MR) is 90.4 cm³/mol. The molecule has 2 rings (SSSR count). The normalized spacial score (nSPS) is 10.0. The summed E-state index contributed by atoms with van der Waals surface area (Å²) >= 11 is 7.81. The summed E-state index contributed by atoms with van der Waals surface area (Å²) in [5.74, 6) is 6.24. The van der Waals surface area contributed by atoms with Crippen molar-refractivity contribution in [2.45, 2.75) is 18.2 Å². The highest BCUT2D eigenvalue weighted by Crippen LogP contribution is 2.29. The van der Waals surface area contributed by atoms with Gasteiger partial charge in [-0.15, -0.1) is 11.8 Å². The van der Waals surface area contributed by atoms with Gasteiger partial charge in [-0.1, -0.05) is 11.6 Å². The van der Waals surface area contributed by atoms with E-state index in [0.717, 1.165) is 4.90 Å². The highest BCUT2D eigenvalue weighted by molar-refractivity contribution is 7.99. The molecule has 0 fully saturated rings.